The summed E-state index contributed by atoms with van der Waals surface area (Å²) in [6.07, 6.45) is 4.81. The Morgan fingerprint density at radius 3 is 2.70 bits per heavy atom. The maximum Gasteiger partial charge on any atom is 0.261 e. The summed E-state index contributed by atoms with van der Waals surface area (Å²) in [6, 6.07) is 7.07. The summed E-state index contributed by atoms with van der Waals surface area (Å²) in [5, 5.41) is 6.41. The quantitative estimate of drug-likeness (QED) is 0.553. The molecule has 0 radical (unpaired) electrons. The maximum absolute atomic E-state index is 12.8. The second-order valence-corrected chi connectivity index (χ2v) is 9.23. The third kappa shape index (κ3) is 5.37. The molecule has 0 atom stereocenters. The number of amides is 2. The van der Waals surface area contributed by atoms with Crippen LogP contribution in [0, 0.1) is 5.92 Å². The average molecular weight is 446 g/mol. The van der Waals surface area contributed by atoms with Gasteiger partial charge < -0.3 is 15.8 Å². The van der Waals surface area contributed by atoms with Crippen LogP contribution in [0.1, 0.15) is 64.3 Å². The fourth-order valence-electron chi connectivity index (χ4n) is 3.40. The van der Waals surface area contributed by atoms with Crippen molar-refractivity contribution in [2.45, 2.75) is 46.0 Å². The van der Waals surface area contributed by atoms with E-state index in [1.54, 1.807) is 18.2 Å². The van der Waals surface area contributed by atoms with Gasteiger partial charge in [-0.3, -0.25) is 14.9 Å². The van der Waals surface area contributed by atoms with Crippen molar-refractivity contribution in [3.05, 3.63) is 45.8 Å². The van der Waals surface area contributed by atoms with E-state index in [0.717, 1.165) is 42.5 Å². The molecule has 0 fully saturated rings. The standard InChI is InChI=1S/C22H27N3O3S2/c1-13(2)11-12-28-16-9-5-3-7-14(16)20(27)24-22(29)25-21-18(19(23)26)15-8-4-6-10-17(15)30-21/h3,5,7,9,13H,4,6,8,10-12H2,1-2H3,(H2,23,26)(H2,24,25,27,29). The minimum absolute atomic E-state index is 0.123. The normalized spacial score (nSPS) is 12.9. The Kier molecular flexibility index (Phi) is 7.44. The summed E-state index contributed by atoms with van der Waals surface area (Å²) in [5.41, 5.74) is 7.53. The first-order chi connectivity index (χ1) is 14.4. The molecule has 0 unspecified atom stereocenters. The minimum Gasteiger partial charge on any atom is -0.493 e. The van der Waals surface area contributed by atoms with Gasteiger partial charge in [0.15, 0.2) is 5.11 Å². The number of hydrogen-bond donors (Lipinski definition) is 3. The van der Waals surface area contributed by atoms with Crippen LogP contribution in [0.5, 0.6) is 5.75 Å². The molecular formula is C22H27N3O3S2. The zero-order valence-electron chi connectivity index (χ0n) is 17.2. The molecule has 1 heterocycles. The number of ether oxygens (including phenoxy) is 1. The number of benzene rings is 1. The molecule has 0 saturated heterocycles. The molecule has 160 valence electrons. The van der Waals surface area contributed by atoms with E-state index in [-0.39, 0.29) is 11.0 Å². The number of anilines is 1. The summed E-state index contributed by atoms with van der Waals surface area (Å²) in [4.78, 5) is 25.9. The van der Waals surface area contributed by atoms with Crippen LogP contribution in [0.2, 0.25) is 0 Å². The van der Waals surface area contributed by atoms with Gasteiger partial charge in [0.25, 0.3) is 11.8 Å². The molecule has 0 spiro atoms. The zero-order valence-corrected chi connectivity index (χ0v) is 18.9. The van der Waals surface area contributed by atoms with E-state index < -0.39 is 5.91 Å². The first-order valence-corrected chi connectivity index (χ1v) is 11.4. The molecule has 1 aromatic heterocycles. The summed E-state index contributed by atoms with van der Waals surface area (Å²) < 4.78 is 5.79. The topological polar surface area (TPSA) is 93.4 Å². The van der Waals surface area contributed by atoms with Crippen molar-refractivity contribution in [3.63, 3.8) is 0 Å². The Morgan fingerprint density at radius 2 is 1.97 bits per heavy atom. The molecule has 1 aliphatic carbocycles. The van der Waals surface area contributed by atoms with Crippen LogP contribution in [0.15, 0.2) is 24.3 Å². The third-order valence-electron chi connectivity index (χ3n) is 4.96. The van der Waals surface area contributed by atoms with E-state index >= 15 is 0 Å². The second kappa shape index (κ2) is 10.0. The van der Waals surface area contributed by atoms with Crippen molar-refractivity contribution < 1.29 is 14.3 Å². The number of para-hydroxylation sites is 1. The van der Waals surface area contributed by atoms with Crippen LogP contribution in [0.25, 0.3) is 0 Å². The molecule has 0 bridgehead atoms. The van der Waals surface area contributed by atoms with E-state index in [2.05, 4.69) is 24.5 Å². The first kappa shape index (κ1) is 22.2. The van der Waals surface area contributed by atoms with Gasteiger partial charge in [-0.15, -0.1) is 11.3 Å². The molecule has 4 N–H and O–H groups in total. The fraction of sp³-hybridized carbons (Fsp3) is 0.409. The third-order valence-corrected chi connectivity index (χ3v) is 6.37. The number of rotatable bonds is 7. The van der Waals surface area contributed by atoms with Crippen molar-refractivity contribution in [1.29, 1.82) is 0 Å². The van der Waals surface area contributed by atoms with Gasteiger partial charge in [-0.1, -0.05) is 26.0 Å². The summed E-state index contributed by atoms with van der Waals surface area (Å²) in [5.74, 6) is 0.186. The molecular weight excluding hydrogens is 418 g/mol. The number of thiocarbonyl (C=S) groups is 1. The first-order valence-electron chi connectivity index (χ1n) is 10.1. The van der Waals surface area contributed by atoms with Gasteiger partial charge in [-0.05, 0) is 67.9 Å². The van der Waals surface area contributed by atoms with Crippen molar-refractivity contribution in [1.82, 2.24) is 5.32 Å². The number of hydrogen-bond acceptors (Lipinski definition) is 5. The Labute approximate surface area is 186 Å². The molecule has 6 nitrogen and oxygen atoms in total. The number of fused-ring (bicyclic) bond motifs is 1. The maximum atomic E-state index is 12.8. The molecule has 3 rings (SSSR count). The van der Waals surface area contributed by atoms with Gasteiger partial charge in [0, 0.05) is 4.88 Å². The molecule has 8 heteroatoms. The van der Waals surface area contributed by atoms with Crippen LogP contribution in [-0.4, -0.2) is 23.5 Å². The van der Waals surface area contributed by atoms with Gasteiger partial charge >= 0.3 is 0 Å². The van der Waals surface area contributed by atoms with Gasteiger partial charge in [0.2, 0.25) is 0 Å². The summed E-state index contributed by atoms with van der Waals surface area (Å²) in [7, 11) is 0. The van der Waals surface area contributed by atoms with E-state index in [1.165, 1.54) is 11.3 Å². The van der Waals surface area contributed by atoms with Gasteiger partial charge in [0.1, 0.15) is 10.8 Å². The highest BCUT2D eigenvalue weighted by atomic mass is 32.1. The highest BCUT2D eigenvalue weighted by Crippen LogP contribution is 2.37. The van der Waals surface area contributed by atoms with E-state index in [4.69, 9.17) is 22.7 Å². The van der Waals surface area contributed by atoms with Crippen molar-refractivity contribution in [3.8, 4) is 5.75 Å². The molecule has 2 aromatic rings. The Morgan fingerprint density at radius 1 is 1.23 bits per heavy atom. The number of thiophene rings is 1. The summed E-state index contributed by atoms with van der Waals surface area (Å²) >= 11 is 6.82. The van der Waals surface area contributed by atoms with Crippen LogP contribution in [-0.2, 0) is 12.8 Å². The fourth-order valence-corrected chi connectivity index (χ4v) is 4.96. The highest BCUT2D eigenvalue weighted by Gasteiger charge is 2.25. The van der Waals surface area contributed by atoms with Crippen LogP contribution in [0.4, 0.5) is 5.00 Å². The van der Waals surface area contributed by atoms with Gasteiger partial charge in [-0.2, -0.15) is 0 Å². The molecule has 30 heavy (non-hydrogen) atoms. The lowest BCUT2D eigenvalue weighted by atomic mass is 9.95. The van der Waals surface area contributed by atoms with Crippen LogP contribution in [0.3, 0.4) is 0 Å². The lowest BCUT2D eigenvalue weighted by molar-refractivity contribution is 0.0971. The largest absolute Gasteiger partial charge is 0.493 e. The average Bonchev–Trinajstić information content (AvgIpc) is 3.05. The SMILES string of the molecule is CC(C)CCOc1ccccc1C(=O)NC(=S)Nc1sc2c(c1C(N)=O)CCCC2. The number of aryl methyl sites for hydroxylation is 1. The number of nitrogens with two attached hydrogens (primary N) is 1. The number of primary amides is 1. The predicted molar refractivity (Wildman–Crippen MR) is 125 cm³/mol. The molecule has 1 aliphatic rings. The lowest BCUT2D eigenvalue weighted by Crippen LogP contribution is -2.34. The highest BCUT2D eigenvalue weighted by molar-refractivity contribution is 7.80. The van der Waals surface area contributed by atoms with Gasteiger partial charge in [0.05, 0.1) is 17.7 Å². The van der Waals surface area contributed by atoms with Crippen molar-refractivity contribution in [2.75, 3.05) is 11.9 Å². The predicted octanol–water partition coefficient (Wildman–Crippen LogP) is 4.28. The van der Waals surface area contributed by atoms with Gasteiger partial charge in [-0.25, -0.2) is 0 Å². The summed E-state index contributed by atoms with van der Waals surface area (Å²) in [6.45, 7) is 4.77. The Hall–Kier alpha value is -2.45. The number of carbonyl (C=O) groups excluding carboxylic acids is 2. The monoisotopic (exact) mass is 445 g/mol. The van der Waals surface area contributed by atoms with Crippen LogP contribution >= 0.6 is 23.6 Å². The number of nitrogens with one attached hydrogen (secondary N) is 2. The molecule has 0 aliphatic heterocycles. The van der Waals surface area contributed by atoms with Crippen LogP contribution < -0.4 is 21.1 Å². The minimum atomic E-state index is -0.477. The Balaban J connectivity index is 1.70. The van der Waals surface area contributed by atoms with E-state index in [1.807, 2.05) is 6.07 Å². The Bertz CT molecular complexity index is 953. The smallest absolute Gasteiger partial charge is 0.261 e. The molecule has 0 saturated carbocycles. The second-order valence-electron chi connectivity index (χ2n) is 7.71. The van der Waals surface area contributed by atoms with E-state index in [9.17, 15) is 9.59 Å². The molecule has 2 amide bonds. The van der Waals surface area contributed by atoms with Crippen molar-refractivity contribution >= 4 is 45.5 Å². The molecule has 1 aromatic carbocycles. The van der Waals surface area contributed by atoms with Crippen molar-refractivity contribution in [2.24, 2.45) is 11.7 Å². The van der Waals surface area contributed by atoms with E-state index in [0.29, 0.717) is 34.4 Å². The lowest BCUT2D eigenvalue weighted by Gasteiger charge is -2.14. The zero-order chi connectivity index (χ0) is 21.7. The number of carbonyl (C=O) groups is 2.